The SMILES string of the molecule is CCc1cc2c(=O)c(-c3nc4ccccc4s3)coc2c(CN2C[C@]3(C)C[C@H]2CC(C)(C)C3)c1O. The second kappa shape index (κ2) is 7.90. The summed E-state index contributed by atoms with van der Waals surface area (Å²) >= 11 is 1.50. The van der Waals surface area contributed by atoms with Crippen molar-refractivity contribution in [2.45, 2.75) is 66.0 Å². The van der Waals surface area contributed by atoms with Crippen molar-refractivity contribution in [2.24, 2.45) is 10.8 Å². The molecule has 2 atom stereocenters. The predicted octanol–water partition coefficient (Wildman–Crippen LogP) is 6.74. The first-order chi connectivity index (χ1) is 16.7. The lowest BCUT2D eigenvalue weighted by Crippen LogP contribution is -2.34. The minimum Gasteiger partial charge on any atom is -0.507 e. The molecule has 0 radical (unpaired) electrons. The molecule has 2 fully saturated rings. The highest BCUT2D eigenvalue weighted by atomic mass is 32.1. The molecule has 6 rings (SSSR count). The van der Waals surface area contributed by atoms with Crippen LogP contribution in [0.1, 0.15) is 58.1 Å². The fourth-order valence-corrected chi connectivity index (χ4v) is 7.88. The smallest absolute Gasteiger partial charge is 0.202 e. The van der Waals surface area contributed by atoms with Gasteiger partial charge >= 0.3 is 0 Å². The molecule has 3 heterocycles. The van der Waals surface area contributed by atoms with Gasteiger partial charge in [-0.2, -0.15) is 0 Å². The number of nitrogens with zero attached hydrogens (tertiary/aromatic N) is 2. The van der Waals surface area contributed by atoms with E-state index < -0.39 is 0 Å². The Bertz CT molecular complexity index is 1480. The third kappa shape index (κ3) is 3.78. The molecule has 1 aliphatic carbocycles. The van der Waals surface area contributed by atoms with Gasteiger partial charge in [-0.25, -0.2) is 4.98 Å². The van der Waals surface area contributed by atoms with E-state index in [0.29, 0.717) is 51.4 Å². The highest BCUT2D eigenvalue weighted by Crippen LogP contribution is 2.53. The molecule has 2 bridgehead atoms. The van der Waals surface area contributed by atoms with Crippen LogP contribution < -0.4 is 5.43 Å². The zero-order chi connectivity index (χ0) is 24.5. The molecule has 35 heavy (non-hydrogen) atoms. The standard InChI is InChI=1S/C29H32N2O3S/c1-5-17-10-19-25(33)21(27-30-22-8-6-7-9-23(22)35-27)14-34-26(19)20(24(17)32)13-31-16-29(4)12-18(31)11-28(2,3)15-29/h6-10,14,18,32H,5,11-13,15-16H2,1-4H3/t18-,29-/m1/s1. The normalized spacial score (nSPS) is 23.9. The van der Waals surface area contributed by atoms with Gasteiger partial charge < -0.3 is 9.52 Å². The molecule has 6 heteroatoms. The molecule has 182 valence electrons. The highest BCUT2D eigenvalue weighted by Gasteiger charge is 2.49. The molecule has 2 aromatic heterocycles. The Labute approximate surface area is 209 Å². The van der Waals surface area contributed by atoms with Gasteiger partial charge in [-0.3, -0.25) is 9.69 Å². The fraction of sp³-hybridized carbons (Fsp3) is 0.448. The van der Waals surface area contributed by atoms with Gasteiger partial charge in [0, 0.05) is 19.1 Å². The van der Waals surface area contributed by atoms with Gasteiger partial charge in [0.2, 0.25) is 5.43 Å². The number of hydrogen-bond donors (Lipinski definition) is 1. The van der Waals surface area contributed by atoms with Crippen molar-refractivity contribution in [3.8, 4) is 16.3 Å². The monoisotopic (exact) mass is 488 g/mol. The largest absolute Gasteiger partial charge is 0.507 e. The topological polar surface area (TPSA) is 66.6 Å². The van der Waals surface area contributed by atoms with E-state index in [1.54, 1.807) is 0 Å². The van der Waals surface area contributed by atoms with E-state index in [-0.39, 0.29) is 11.2 Å². The molecule has 5 nitrogen and oxygen atoms in total. The summed E-state index contributed by atoms with van der Waals surface area (Å²) in [6.07, 6.45) is 5.74. The number of benzene rings is 2. The van der Waals surface area contributed by atoms with E-state index in [1.165, 1.54) is 30.4 Å². The predicted molar refractivity (Wildman–Crippen MR) is 142 cm³/mol. The van der Waals surface area contributed by atoms with Crippen LogP contribution in [0.5, 0.6) is 5.75 Å². The van der Waals surface area contributed by atoms with Crippen LogP contribution in [0, 0.1) is 10.8 Å². The Balaban J connectivity index is 1.46. The van der Waals surface area contributed by atoms with Crippen LogP contribution in [0.4, 0.5) is 0 Å². The van der Waals surface area contributed by atoms with E-state index in [4.69, 9.17) is 4.42 Å². The summed E-state index contributed by atoms with van der Waals surface area (Å²) in [6.45, 7) is 10.7. The summed E-state index contributed by atoms with van der Waals surface area (Å²) < 4.78 is 7.19. The minimum atomic E-state index is -0.0884. The zero-order valence-electron chi connectivity index (χ0n) is 20.9. The maximum absolute atomic E-state index is 13.7. The average Bonchev–Trinajstić information content (AvgIpc) is 3.32. The Hall–Kier alpha value is -2.70. The van der Waals surface area contributed by atoms with Crippen LogP contribution in [0.15, 0.2) is 45.8 Å². The fourth-order valence-electron chi connectivity index (χ4n) is 6.91. The first-order valence-electron chi connectivity index (χ1n) is 12.6. The van der Waals surface area contributed by atoms with E-state index >= 15 is 0 Å². The van der Waals surface area contributed by atoms with Crippen molar-refractivity contribution >= 4 is 32.5 Å². The maximum atomic E-state index is 13.7. The summed E-state index contributed by atoms with van der Waals surface area (Å²) in [5, 5.41) is 12.4. The Morgan fingerprint density at radius 2 is 2.03 bits per heavy atom. The third-order valence-corrected chi connectivity index (χ3v) is 9.07. The van der Waals surface area contributed by atoms with E-state index in [0.717, 1.165) is 34.3 Å². The molecular formula is C29H32N2O3S. The van der Waals surface area contributed by atoms with Gasteiger partial charge in [-0.15, -0.1) is 11.3 Å². The van der Waals surface area contributed by atoms with Crippen LogP contribution in [-0.2, 0) is 13.0 Å². The number of aryl methyl sites for hydroxylation is 1. The average molecular weight is 489 g/mol. The van der Waals surface area contributed by atoms with Crippen molar-refractivity contribution in [2.75, 3.05) is 6.54 Å². The van der Waals surface area contributed by atoms with Crippen molar-refractivity contribution in [3.05, 3.63) is 57.9 Å². The first kappa shape index (κ1) is 22.7. The van der Waals surface area contributed by atoms with E-state index in [9.17, 15) is 9.90 Å². The second-order valence-corrected chi connectivity index (χ2v) is 12.7. The summed E-state index contributed by atoms with van der Waals surface area (Å²) in [4.78, 5) is 20.9. The van der Waals surface area contributed by atoms with Gasteiger partial charge in [0.15, 0.2) is 0 Å². The lowest BCUT2D eigenvalue weighted by molar-refractivity contribution is 0.126. The molecular weight excluding hydrogens is 456 g/mol. The molecule has 1 saturated heterocycles. The van der Waals surface area contributed by atoms with Crippen LogP contribution in [-0.4, -0.2) is 27.6 Å². The molecule has 0 unspecified atom stereocenters. The molecule has 2 aromatic carbocycles. The second-order valence-electron chi connectivity index (χ2n) is 11.7. The number of para-hydroxylation sites is 1. The lowest BCUT2D eigenvalue weighted by atomic mass is 9.65. The number of likely N-dealkylation sites (tertiary alicyclic amines) is 1. The molecule has 1 N–H and O–H groups in total. The summed E-state index contributed by atoms with van der Waals surface area (Å²) in [7, 11) is 0. The van der Waals surface area contributed by atoms with Crippen LogP contribution in [0.25, 0.3) is 31.8 Å². The van der Waals surface area contributed by atoms with Crippen molar-refractivity contribution in [3.63, 3.8) is 0 Å². The number of aromatic hydroxyl groups is 1. The summed E-state index contributed by atoms with van der Waals surface area (Å²) in [6, 6.07) is 10.2. The number of thiazole rings is 1. The van der Waals surface area contributed by atoms with Gasteiger partial charge in [0.05, 0.1) is 26.7 Å². The van der Waals surface area contributed by atoms with Gasteiger partial charge in [0.25, 0.3) is 0 Å². The number of phenols is 1. The molecule has 2 aliphatic rings. The highest BCUT2D eigenvalue weighted by molar-refractivity contribution is 7.21. The number of hydrogen-bond acceptors (Lipinski definition) is 6. The van der Waals surface area contributed by atoms with Crippen molar-refractivity contribution < 1.29 is 9.52 Å². The summed E-state index contributed by atoms with van der Waals surface area (Å²) in [5.41, 5.74) is 3.90. The van der Waals surface area contributed by atoms with E-state index in [2.05, 4.69) is 30.7 Å². The lowest BCUT2D eigenvalue weighted by Gasteiger charge is -2.40. The van der Waals surface area contributed by atoms with Gasteiger partial charge in [-0.05, 0) is 60.3 Å². The Morgan fingerprint density at radius 1 is 1.23 bits per heavy atom. The molecule has 0 spiro atoms. The van der Waals surface area contributed by atoms with Crippen LogP contribution in [0.3, 0.4) is 0 Å². The van der Waals surface area contributed by atoms with Crippen molar-refractivity contribution in [1.82, 2.24) is 9.88 Å². The quantitative estimate of drug-likeness (QED) is 0.345. The Morgan fingerprint density at radius 3 is 2.80 bits per heavy atom. The molecule has 1 saturated carbocycles. The first-order valence-corrected chi connectivity index (χ1v) is 13.4. The van der Waals surface area contributed by atoms with E-state index in [1.807, 2.05) is 37.3 Å². The van der Waals surface area contributed by atoms with Gasteiger partial charge in [-0.1, -0.05) is 39.8 Å². The van der Waals surface area contributed by atoms with Crippen molar-refractivity contribution in [1.29, 1.82) is 0 Å². The number of phenolic OH excluding ortho intramolecular Hbond substituents is 1. The number of fused-ring (bicyclic) bond motifs is 4. The van der Waals surface area contributed by atoms with Gasteiger partial charge in [0.1, 0.15) is 22.6 Å². The summed E-state index contributed by atoms with van der Waals surface area (Å²) in [5.74, 6) is 0.266. The third-order valence-electron chi connectivity index (χ3n) is 8.00. The maximum Gasteiger partial charge on any atom is 0.202 e. The Kier molecular flexibility index (Phi) is 5.14. The number of aromatic nitrogens is 1. The zero-order valence-corrected chi connectivity index (χ0v) is 21.7. The number of rotatable bonds is 4. The molecule has 4 aromatic rings. The van der Waals surface area contributed by atoms with Crippen LogP contribution in [0.2, 0.25) is 0 Å². The van der Waals surface area contributed by atoms with Crippen LogP contribution >= 0.6 is 11.3 Å². The molecule has 1 aliphatic heterocycles. The minimum absolute atomic E-state index is 0.0884. The molecule has 0 amide bonds.